The molecule has 2 nitrogen and oxygen atoms in total. The normalized spacial score (nSPS) is 11.6. The molecule has 0 saturated heterocycles. The third kappa shape index (κ3) is 4.65. The molecule has 2 heteroatoms. The fraction of sp³-hybridized carbons (Fsp3) is 0. The molecule has 0 saturated carbocycles. The number of anilines is 3. The van der Waals surface area contributed by atoms with Crippen LogP contribution in [0.1, 0.15) is 0 Å². The predicted octanol–water partition coefficient (Wildman–Crippen LogP) is 13.8. The van der Waals surface area contributed by atoms with E-state index in [0.29, 0.717) is 0 Å². The highest BCUT2D eigenvalue weighted by atomic mass is 16.3. The molecule has 0 N–H and O–H groups in total. The van der Waals surface area contributed by atoms with E-state index in [0.717, 1.165) is 44.6 Å². The maximum atomic E-state index is 6.82. The van der Waals surface area contributed by atoms with Crippen LogP contribution < -0.4 is 4.90 Å². The summed E-state index contributed by atoms with van der Waals surface area (Å²) in [5.74, 6) is 0. The van der Waals surface area contributed by atoms with Crippen molar-refractivity contribution in [3.63, 3.8) is 0 Å². The number of benzene rings is 9. The van der Waals surface area contributed by atoms with Crippen molar-refractivity contribution in [1.29, 1.82) is 0 Å². The molecule has 1 aromatic heterocycles. The summed E-state index contributed by atoms with van der Waals surface area (Å²) < 4.78 is 6.82. The standard InChI is InChI=1S/C48H31NO/c1-2-11-34(12-3-1)42-28-29-45(48-47(42)43-16-8-9-17-46(43)50-48)49(40-27-24-36-20-19-35-13-6-7-15-41(35)44(36)31-40)39-25-22-33(23-26-39)38-21-18-32-10-4-5-14-37(32)30-38/h1-31H. The number of rotatable bonds is 5. The van der Waals surface area contributed by atoms with Crippen LogP contribution in [-0.4, -0.2) is 0 Å². The third-order valence-corrected chi connectivity index (χ3v) is 10.0. The Bertz CT molecular complexity index is 2870. The van der Waals surface area contributed by atoms with Gasteiger partial charge in [0.2, 0.25) is 0 Å². The highest BCUT2D eigenvalue weighted by Crippen LogP contribution is 2.46. The van der Waals surface area contributed by atoms with Gasteiger partial charge in [-0.25, -0.2) is 0 Å². The van der Waals surface area contributed by atoms with Gasteiger partial charge in [0.05, 0.1) is 5.69 Å². The fourth-order valence-electron chi connectivity index (χ4n) is 7.58. The van der Waals surface area contributed by atoms with E-state index in [1.165, 1.54) is 49.0 Å². The fourth-order valence-corrected chi connectivity index (χ4v) is 7.58. The molecule has 0 bridgehead atoms. The van der Waals surface area contributed by atoms with Crippen molar-refractivity contribution in [3.05, 3.63) is 188 Å². The Balaban J connectivity index is 1.21. The number of furan rings is 1. The number of nitrogens with zero attached hydrogens (tertiary/aromatic N) is 1. The zero-order chi connectivity index (χ0) is 33.0. The van der Waals surface area contributed by atoms with Gasteiger partial charge in [-0.1, -0.05) is 146 Å². The molecule has 0 radical (unpaired) electrons. The third-order valence-electron chi connectivity index (χ3n) is 10.0. The molecule has 10 aromatic rings. The molecule has 234 valence electrons. The zero-order valence-corrected chi connectivity index (χ0v) is 27.3. The van der Waals surface area contributed by atoms with Gasteiger partial charge in [-0.15, -0.1) is 0 Å². The topological polar surface area (TPSA) is 16.4 Å². The maximum Gasteiger partial charge on any atom is 0.160 e. The molecule has 10 rings (SSSR count). The number of hydrogen-bond donors (Lipinski definition) is 0. The molecule has 0 unspecified atom stereocenters. The van der Waals surface area contributed by atoms with Gasteiger partial charge in [0.15, 0.2) is 5.58 Å². The zero-order valence-electron chi connectivity index (χ0n) is 27.3. The van der Waals surface area contributed by atoms with Gasteiger partial charge in [-0.3, -0.25) is 0 Å². The Morgan fingerprint density at radius 3 is 1.82 bits per heavy atom. The Kier molecular flexibility index (Phi) is 6.53. The lowest BCUT2D eigenvalue weighted by molar-refractivity contribution is 0.669. The van der Waals surface area contributed by atoms with E-state index in [2.05, 4.69) is 187 Å². The van der Waals surface area contributed by atoms with Gasteiger partial charge < -0.3 is 9.32 Å². The maximum absolute atomic E-state index is 6.82. The van der Waals surface area contributed by atoms with E-state index in [9.17, 15) is 0 Å². The summed E-state index contributed by atoms with van der Waals surface area (Å²) in [5, 5.41) is 9.63. The van der Waals surface area contributed by atoms with Gasteiger partial charge >= 0.3 is 0 Å². The van der Waals surface area contributed by atoms with Gasteiger partial charge in [-0.05, 0) is 97.0 Å². The van der Waals surface area contributed by atoms with Gasteiger partial charge in [0.1, 0.15) is 5.58 Å². The van der Waals surface area contributed by atoms with Crippen LogP contribution in [0.15, 0.2) is 192 Å². The Hall–Kier alpha value is -6.64. The van der Waals surface area contributed by atoms with Crippen LogP contribution in [0, 0.1) is 0 Å². The average molecular weight is 638 g/mol. The Morgan fingerprint density at radius 2 is 0.980 bits per heavy atom. The predicted molar refractivity (Wildman–Crippen MR) is 212 cm³/mol. The van der Waals surface area contributed by atoms with Crippen molar-refractivity contribution < 1.29 is 4.42 Å². The van der Waals surface area contributed by atoms with Crippen LogP contribution in [0.2, 0.25) is 0 Å². The van der Waals surface area contributed by atoms with Crippen molar-refractivity contribution in [2.45, 2.75) is 0 Å². The highest BCUT2D eigenvalue weighted by Gasteiger charge is 2.22. The van der Waals surface area contributed by atoms with Crippen LogP contribution in [-0.2, 0) is 0 Å². The van der Waals surface area contributed by atoms with Gasteiger partial charge in [0.25, 0.3) is 0 Å². The minimum atomic E-state index is 0.865. The largest absolute Gasteiger partial charge is 0.454 e. The lowest BCUT2D eigenvalue weighted by Crippen LogP contribution is -2.10. The number of para-hydroxylation sites is 1. The van der Waals surface area contributed by atoms with E-state index < -0.39 is 0 Å². The van der Waals surface area contributed by atoms with Crippen LogP contribution in [0.4, 0.5) is 17.1 Å². The Labute approximate surface area is 290 Å². The molecule has 9 aromatic carbocycles. The number of hydrogen-bond acceptors (Lipinski definition) is 2. The summed E-state index contributed by atoms with van der Waals surface area (Å²) in [5.41, 5.74) is 9.57. The molecule has 0 fully saturated rings. The van der Waals surface area contributed by atoms with E-state index in [1.54, 1.807) is 0 Å². The van der Waals surface area contributed by atoms with E-state index in [-0.39, 0.29) is 0 Å². The van der Waals surface area contributed by atoms with Crippen LogP contribution in [0.3, 0.4) is 0 Å². The summed E-state index contributed by atoms with van der Waals surface area (Å²) >= 11 is 0. The monoisotopic (exact) mass is 637 g/mol. The first-order valence-corrected chi connectivity index (χ1v) is 17.1. The molecule has 0 aliphatic rings. The molecular weight excluding hydrogens is 607 g/mol. The first kappa shape index (κ1) is 28.4. The second kappa shape index (κ2) is 11.5. The first-order chi connectivity index (χ1) is 24.8. The van der Waals surface area contributed by atoms with Crippen molar-refractivity contribution in [3.8, 4) is 22.3 Å². The molecular formula is C48H31NO. The van der Waals surface area contributed by atoms with Gasteiger partial charge in [-0.2, -0.15) is 0 Å². The summed E-state index contributed by atoms with van der Waals surface area (Å²) in [7, 11) is 0. The molecule has 0 atom stereocenters. The molecule has 50 heavy (non-hydrogen) atoms. The first-order valence-electron chi connectivity index (χ1n) is 17.1. The smallest absolute Gasteiger partial charge is 0.160 e. The summed E-state index contributed by atoms with van der Waals surface area (Å²) in [4.78, 5) is 2.35. The minimum absolute atomic E-state index is 0.865. The summed E-state index contributed by atoms with van der Waals surface area (Å²) in [6.45, 7) is 0. The van der Waals surface area contributed by atoms with E-state index >= 15 is 0 Å². The van der Waals surface area contributed by atoms with Gasteiger partial charge in [0, 0.05) is 22.1 Å². The molecule has 1 heterocycles. The molecule has 0 spiro atoms. The highest BCUT2D eigenvalue weighted by molar-refractivity contribution is 6.17. The minimum Gasteiger partial charge on any atom is -0.454 e. The van der Waals surface area contributed by atoms with Crippen LogP contribution in [0.5, 0.6) is 0 Å². The van der Waals surface area contributed by atoms with Crippen LogP contribution in [0.25, 0.3) is 76.5 Å². The van der Waals surface area contributed by atoms with Crippen LogP contribution >= 0.6 is 0 Å². The SMILES string of the molecule is c1ccc(-c2ccc(N(c3ccc(-c4ccc5ccccc5c4)cc3)c3ccc4ccc5ccccc5c4c3)c3oc4ccccc4c23)cc1. The quantitative estimate of drug-likeness (QED) is 0.175. The number of fused-ring (bicyclic) bond motifs is 7. The summed E-state index contributed by atoms with van der Waals surface area (Å²) in [6, 6.07) is 67.5. The van der Waals surface area contributed by atoms with E-state index in [1.807, 2.05) is 6.07 Å². The molecule has 0 aliphatic heterocycles. The van der Waals surface area contributed by atoms with Crippen molar-refractivity contribution in [2.75, 3.05) is 4.90 Å². The molecule has 0 amide bonds. The lowest BCUT2D eigenvalue weighted by atomic mass is 9.97. The lowest BCUT2D eigenvalue weighted by Gasteiger charge is -2.27. The van der Waals surface area contributed by atoms with Crippen molar-refractivity contribution >= 4 is 71.3 Å². The second-order valence-corrected chi connectivity index (χ2v) is 12.9. The second-order valence-electron chi connectivity index (χ2n) is 12.9. The van der Waals surface area contributed by atoms with Crippen molar-refractivity contribution in [1.82, 2.24) is 0 Å². The summed E-state index contributed by atoms with van der Waals surface area (Å²) in [6.07, 6.45) is 0. The average Bonchev–Trinajstić information content (AvgIpc) is 3.58. The Morgan fingerprint density at radius 1 is 0.360 bits per heavy atom. The molecule has 0 aliphatic carbocycles. The van der Waals surface area contributed by atoms with Crippen molar-refractivity contribution in [2.24, 2.45) is 0 Å². The van der Waals surface area contributed by atoms with E-state index in [4.69, 9.17) is 4.42 Å².